The highest BCUT2D eigenvalue weighted by molar-refractivity contribution is 6.08. The van der Waals surface area contributed by atoms with Crippen molar-refractivity contribution in [2.75, 3.05) is 23.9 Å². The van der Waals surface area contributed by atoms with Crippen LogP contribution in [0.5, 0.6) is 0 Å². The van der Waals surface area contributed by atoms with E-state index in [9.17, 15) is 14.4 Å². The van der Waals surface area contributed by atoms with E-state index >= 15 is 0 Å². The van der Waals surface area contributed by atoms with Crippen molar-refractivity contribution in [2.45, 2.75) is 6.42 Å². The van der Waals surface area contributed by atoms with Gasteiger partial charge in [-0.15, -0.1) is 0 Å². The van der Waals surface area contributed by atoms with Gasteiger partial charge in [-0.1, -0.05) is 36.4 Å². The van der Waals surface area contributed by atoms with Crippen molar-refractivity contribution in [3.8, 4) is 0 Å². The molecule has 0 aromatic heterocycles. The summed E-state index contributed by atoms with van der Waals surface area (Å²) in [4.78, 5) is 38.5. The highest BCUT2D eigenvalue weighted by atomic mass is 16.5. The molecule has 146 valence electrons. The number of methoxy groups -OCH3 is 1. The highest BCUT2D eigenvalue weighted by Crippen LogP contribution is 2.32. The molecule has 1 fully saturated rings. The highest BCUT2D eigenvalue weighted by Gasteiger charge is 2.35. The maximum atomic E-state index is 12.7. The number of carbonyl (C=O) groups is 3. The standard InChI is InChI=1S/C23H20N2O4/c1-29-23(28)16-9-11-18(12-10-16)24-22(27)17-13-21(26)25(14-17)20-8-4-6-15-5-2-3-7-19(15)20/h2-12,17H,13-14H2,1H3,(H,24,27)/t17-/m0/s1. The molecule has 1 heterocycles. The van der Waals surface area contributed by atoms with Crippen molar-refractivity contribution in [2.24, 2.45) is 5.92 Å². The van der Waals surface area contributed by atoms with E-state index in [4.69, 9.17) is 0 Å². The van der Waals surface area contributed by atoms with Gasteiger partial charge in [0, 0.05) is 24.0 Å². The second-order valence-corrected chi connectivity index (χ2v) is 6.96. The number of hydrogen-bond donors (Lipinski definition) is 1. The normalized spacial score (nSPS) is 16.1. The molecule has 1 saturated heterocycles. The molecule has 4 rings (SSSR count). The third-order valence-electron chi connectivity index (χ3n) is 5.13. The van der Waals surface area contributed by atoms with E-state index in [1.807, 2.05) is 42.5 Å². The number of anilines is 2. The van der Waals surface area contributed by atoms with Crippen LogP contribution in [0.15, 0.2) is 66.7 Å². The Hall–Kier alpha value is -3.67. The SMILES string of the molecule is COC(=O)c1ccc(NC(=O)[C@H]2CC(=O)N(c3cccc4ccccc34)C2)cc1. The molecule has 6 nitrogen and oxygen atoms in total. The Morgan fingerprint density at radius 3 is 2.48 bits per heavy atom. The molecule has 2 amide bonds. The molecule has 1 atom stereocenters. The van der Waals surface area contributed by atoms with Gasteiger partial charge in [-0.2, -0.15) is 0 Å². The van der Waals surface area contributed by atoms with Gasteiger partial charge in [0.05, 0.1) is 24.3 Å². The van der Waals surface area contributed by atoms with Crippen LogP contribution in [0.2, 0.25) is 0 Å². The molecule has 0 radical (unpaired) electrons. The molecule has 6 heteroatoms. The van der Waals surface area contributed by atoms with Crippen LogP contribution in [0, 0.1) is 5.92 Å². The summed E-state index contributed by atoms with van der Waals surface area (Å²) in [5.41, 5.74) is 1.80. The van der Waals surface area contributed by atoms with Crippen molar-refractivity contribution in [1.29, 1.82) is 0 Å². The lowest BCUT2D eigenvalue weighted by Crippen LogP contribution is -2.28. The van der Waals surface area contributed by atoms with Crippen LogP contribution < -0.4 is 10.2 Å². The minimum absolute atomic E-state index is 0.0671. The van der Waals surface area contributed by atoms with Gasteiger partial charge >= 0.3 is 5.97 Å². The van der Waals surface area contributed by atoms with E-state index in [1.54, 1.807) is 29.2 Å². The van der Waals surface area contributed by atoms with Crippen molar-refractivity contribution in [3.05, 3.63) is 72.3 Å². The maximum absolute atomic E-state index is 12.7. The minimum atomic E-state index is -0.443. The zero-order chi connectivity index (χ0) is 20.4. The summed E-state index contributed by atoms with van der Waals surface area (Å²) < 4.78 is 4.67. The topological polar surface area (TPSA) is 75.7 Å². The molecule has 0 saturated carbocycles. The van der Waals surface area contributed by atoms with E-state index in [1.165, 1.54) is 7.11 Å². The first-order valence-corrected chi connectivity index (χ1v) is 9.34. The number of ether oxygens (including phenoxy) is 1. The van der Waals surface area contributed by atoms with Gasteiger partial charge in [-0.25, -0.2) is 4.79 Å². The fraction of sp³-hybridized carbons (Fsp3) is 0.174. The van der Waals surface area contributed by atoms with E-state index in [0.717, 1.165) is 16.5 Å². The third-order valence-corrected chi connectivity index (χ3v) is 5.13. The summed E-state index contributed by atoms with van der Waals surface area (Å²) in [6.45, 7) is 0.332. The first-order valence-electron chi connectivity index (χ1n) is 9.34. The zero-order valence-corrected chi connectivity index (χ0v) is 15.9. The second kappa shape index (κ2) is 7.75. The summed E-state index contributed by atoms with van der Waals surface area (Å²) in [6.07, 6.45) is 0.162. The molecule has 1 N–H and O–H groups in total. The van der Waals surface area contributed by atoms with Gasteiger partial charge < -0.3 is 15.0 Å². The van der Waals surface area contributed by atoms with Crippen LogP contribution in [0.3, 0.4) is 0 Å². The minimum Gasteiger partial charge on any atom is -0.465 e. The molecule has 3 aromatic rings. The Kier molecular flexibility index (Phi) is 4.99. The number of fused-ring (bicyclic) bond motifs is 1. The number of amides is 2. The van der Waals surface area contributed by atoms with Crippen molar-refractivity contribution in [3.63, 3.8) is 0 Å². The number of nitrogens with zero attached hydrogens (tertiary/aromatic N) is 1. The molecular weight excluding hydrogens is 368 g/mol. The Balaban J connectivity index is 1.49. The average molecular weight is 388 g/mol. The molecule has 1 aliphatic rings. The van der Waals surface area contributed by atoms with Crippen LogP contribution in [0.1, 0.15) is 16.8 Å². The van der Waals surface area contributed by atoms with Crippen molar-refractivity contribution >= 4 is 39.9 Å². The van der Waals surface area contributed by atoms with E-state index in [-0.39, 0.29) is 18.2 Å². The van der Waals surface area contributed by atoms with Crippen molar-refractivity contribution in [1.82, 2.24) is 0 Å². The predicted molar refractivity (Wildman–Crippen MR) is 111 cm³/mol. The number of hydrogen-bond acceptors (Lipinski definition) is 4. The molecule has 0 unspecified atom stereocenters. The van der Waals surface area contributed by atoms with Crippen LogP contribution in [0.4, 0.5) is 11.4 Å². The summed E-state index contributed by atoms with van der Waals surface area (Å²) >= 11 is 0. The number of carbonyl (C=O) groups excluding carboxylic acids is 3. The van der Waals surface area contributed by atoms with Crippen molar-refractivity contribution < 1.29 is 19.1 Å². The molecule has 0 aliphatic carbocycles. The molecule has 3 aromatic carbocycles. The fourth-order valence-electron chi connectivity index (χ4n) is 3.61. The van der Waals surface area contributed by atoms with E-state index in [2.05, 4.69) is 10.1 Å². The Bertz CT molecular complexity index is 1090. The summed E-state index contributed by atoms with van der Waals surface area (Å²) in [7, 11) is 1.32. The second-order valence-electron chi connectivity index (χ2n) is 6.96. The lowest BCUT2D eigenvalue weighted by Gasteiger charge is -2.19. The first-order chi connectivity index (χ1) is 14.1. The average Bonchev–Trinajstić information content (AvgIpc) is 3.15. The lowest BCUT2D eigenvalue weighted by molar-refractivity contribution is -0.122. The zero-order valence-electron chi connectivity index (χ0n) is 15.9. The van der Waals surface area contributed by atoms with Gasteiger partial charge in [0.15, 0.2) is 0 Å². The van der Waals surface area contributed by atoms with Gasteiger partial charge in [-0.05, 0) is 35.7 Å². The van der Waals surface area contributed by atoms with Gasteiger partial charge in [-0.3, -0.25) is 9.59 Å². The summed E-state index contributed by atoms with van der Waals surface area (Å²) in [5.74, 6) is -1.16. The Morgan fingerprint density at radius 1 is 1.00 bits per heavy atom. The Morgan fingerprint density at radius 2 is 1.72 bits per heavy atom. The number of nitrogens with one attached hydrogen (secondary N) is 1. The van der Waals surface area contributed by atoms with Gasteiger partial charge in [0.25, 0.3) is 0 Å². The van der Waals surface area contributed by atoms with E-state index < -0.39 is 11.9 Å². The molecule has 1 aliphatic heterocycles. The number of rotatable bonds is 4. The smallest absolute Gasteiger partial charge is 0.337 e. The molecule has 29 heavy (non-hydrogen) atoms. The monoisotopic (exact) mass is 388 g/mol. The third kappa shape index (κ3) is 3.69. The molecule has 0 bridgehead atoms. The van der Waals surface area contributed by atoms with Crippen LogP contribution >= 0.6 is 0 Å². The van der Waals surface area contributed by atoms with Crippen LogP contribution in [-0.2, 0) is 14.3 Å². The molecular formula is C23H20N2O4. The number of esters is 1. The quantitative estimate of drug-likeness (QED) is 0.693. The van der Waals surface area contributed by atoms with Crippen LogP contribution in [-0.4, -0.2) is 31.4 Å². The largest absolute Gasteiger partial charge is 0.465 e. The summed E-state index contributed by atoms with van der Waals surface area (Å²) in [6, 6.07) is 20.2. The van der Waals surface area contributed by atoms with Gasteiger partial charge in [0.2, 0.25) is 11.8 Å². The Labute approximate surface area is 168 Å². The fourth-order valence-corrected chi connectivity index (χ4v) is 3.61. The van der Waals surface area contributed by atoms with Gasteiger partial charge in [0.1, 0.15) is 0 Å². The van der Waals surface area contributed by atoms with E-state index in [0.29, 0.717) is 17.8 Å². The molecule has 0 spiro atoms. The predicted octanol–water partition coefficient (Wildman–Crippen LogP) is 3.62. The lowest BCUT2D eigenvalue weighted by atomic mass is 10.1. The van der Waals surface area contributed by atoms with Crippen LogP contribution in [0.25, 0.3) is 10.8 Å². The first kappa shape index (κ1) is 18.7. The number of benzene rings is 3. The maximum Gasteiger partial charge on any atom is 0.337 e. The summed E-state index contributed by atoms with van der Waals surface area (Å²) in [5, 5.41) is 4.87.